The van der Waals surface area contributed by atoms with Crippen molar-refractivity contribution >= 4 is 11.9 Å². The van der Waals surface area contributed by atoms with Gasteiger partial charge in [-0.15, -0.1) is 12.0 Å². The van der Waals surface area contributed by atoms with Crippen LogP contribution in [0, 0.1) is 24.0 Å². The van der Waals surface area contributed by atoms with E-state index in [1.54, 1.807) is 22.3 Å². The van der Waals surface area contributed by atoms with E-state index < -0.39 is 23.6 Å². The van der Waals surface area contributed by atoms with Crippen LogP contribution in [0.4, 0.5) is 8.78 Å². The summed E-state index contributed by atoms with van der Waals surface area (Å²) in [6.07, 6.45) is 12.2. The molecule has 0 fully saturated rings. The summed E-state index contributed by atoms with van der Waals surface area (Å²) in [5.41, 5.74) is 7.26. The summed E-state index contributed by atoms with van der Waals surface area (Å²) in [6.45, 7) is 2.42. The molecule has 4 nitrogen and oxygen atoms in total. The molecule has 0 amide bonds. The SMILES string of the molecule is CC1C2=C(CCC[CH-]2)C2=C1CCCC2.O=C(O)c1ccc(F)cc1.O=C(O)c1ccc(F)cc1.[Cl-].[Ti]. The smallest absolute Gasteiger partial charge is 0.335 e. The molecule has 5 rings (SSSR count). The fourth-order valence-electron chi connectivity index (χ4n) is 4.69. The minimum absolute atomic E-state index is 0. The number of benzene rings is 2. The van der Waals surface area contributed by atoms with Crippen molar-refractivity contribution in [3.8, 4) is 0 Å². The molecule has 36 heavy (non-hydrogen) atoms. The second-order valence-electron chi connectivity index (χ2n) is 8.59. The maximum atomic E-state index is 12.2. The summed E-state index contributed by atoms with van der Waals surface area (Å²) in [6, 6.07) is 9.34. The first-order valence-corrected chi connectivity index (χ1v) is 11.5. The van der Waals surface area contributed by atoms with Crippen LogP contribution < -0.4 is 12.4 Å². The van der Waals surface area contributed by atoms with E-state index in [0.717, 1.165) is 30.2 Å². The quantitative estimate of drug-likeness (QED) is 0.433. The second kappa shape index (κ2) is 15.0. The Morgan fingerprint density at radius 1 is 0.778 bits per heavy atom. The van der Waals surface area contributed by atoms with Crippen molar-refractivity contribution in [3.63, 3.8) is 0 Å². The van der Waals surface area contributed by atoms with Crippen molar-refractivity contribution < 1.29 is 62.7 Å². The zero-order valence-electron chi connectivity index (χ0n) is 20.1. The van der Waals surface area contributed by atoms with Gasteiger partial charge in [-0.25, -0.2) is 30.4 Å². The predicted octanol–water partition coefficient (Wildman–Crippen LogP) is 4.24. The average molecular weight is 551 g/mol. The summed E-state index contributed by atoms with van der Waals surface area (Å²) in [5, 5.41) is 16.7. The molecule has 3 aliphatic carbocycles. The molecule has 0 saturated carbocycles. The van der Waals surface area contributed by atoms with E-state index in [0.29, 0.717) is 0 Å². The monoisotopic (exact) mass is 550 g/mol. The van der Waals surface area contributed by atoms with Crippen LogP contribution in [0.1, 0.15) is 72.6 Å². The third-order valence-electron chi connectivity index (χ3n) is 6.39. The first-order valence-electron chi connectivity index (χ1n) is 11.5. The van der Waals surface area contributed by atoms with E-state index in [9.17, 15) is 18.4 Å². The zero-order chi connectivity index (χ0) is 24.7. The molecule has 1 atom stereocenters. The van der Waals surface area contributed by atoms with Gasteiger partial charge in [-0.05, 0) is 73.7 Å². The Hall–Kier alpha value is -2.41. The Morgan fingerprint density at radius 3 is 1.69 bits per heavy atom. The molecule has 0 aromatic heterocycles. The molecule has 0 radical (unpaired) electrons. The van der Waals surface area contributed by atoms with Gasteiger partial charge in [0.05, 0.1) is 11.1 Å². The Kier molecular flexibility index (Phi) is 13.2. The standard InChI is InChI=1S/C14H19.2C7H5FO2.ClH.Ti/c1-10-11-6-2-4-8-13(11)14-9-5-3-7-12(10)14;2*8-6-3-1-5(2-4-6)7(9)10;;/h6,10H,2-5,7-9H2,1H3;2*1-4H,(H,9,10);1H;/q-1;;;;/p-1. The first-order chi connectivity index (χ1) is 16.3. The van der Waals surface area contributed by atoms with Crippen LogP contribution in [0.2, 0.25) is 0 Å². The second-order valence-corrected chi connectivity index (χ2v) is 8.59. The minimum Gasteiger partial charge on any atom is -1.00 e. The summed E-state index contributed by atoms with van der Waals surface area (Å²) >= 11 is 0. The van der Waals surface area contributed by atoms with Gasteiger partial charge >= 0.3 is 11.9 Å². The van der Waals surface area contributed by atoms with E-state index in [1.807, 2.05) is 0 Å². The van der Waals surface area contributed by atoms with E-state index in [4.69, 9.17) is 10.2 Å². The molecule has 2 N–H and O–H groups in total. The van der Waals surface area contributed by atoms with Crippen LogP contribution in [0.5, 0.6) is 0 Å². The first kappa shape index (κ1) is 31.6. The van der Waals surface area contributed by atoms with Crippen molar-refractivity contribution in [1.29, 1.82) is 0 Å². The van der Waals surface area contributed by atoms with Crippen molar-refractivity contribution in [2.45, 2.75) is 51.9 Å². The molecule has 192 valence electrons. The molecule has 8 heteroatoms. The third kappa shape index (κ3) is 8.33. The van der Waals surface area contributed by atoms with Crippen LogP contribution in [-0.4, -0.2) is 22.2 Å². The molecule has 2 aromatic rings. The number of halogens is 3. The maximum Gasteiger partial charge on any atom is 0.335 e. The van der Waals surface area contributed by atoms with Gasteiger partial charge in [0.15, 0.2) is 0 Å². The van der Waals surface area contributed by atoms with Crippen molar-refractivity contribution in [2.24, 2.45) is 5.92 Å². The molecule has 0 saturated heterocycles. The van der Waals surface area contributed by atoms with Crippen LogP contribution in [-0.2, 0) is 21.7 Å². The Bertz CT molecular complexity index is 1010. The number of rotatable bonds is 2. The summed E-state index contributed by atoms with van der Waals surface area (Å²) < 4.78 is 24.3. The summed E-state index contributed by atoms with van der Waals surface area (Å²) in [5.74, 6) is -2.16. The number of carboxylic acid groups (broad SMARTS) is 2. The van der Waals surface area contributed by atoms with Gasteiger partial charge in [-0.3, -0.25) is 0 Å². The number of carbonyl (C=O) groups is 2. The predicted molar refractivity (Wildman–Crippen MR) is 127 cm³/mol. The molecule has 0 aliphatic heterocycles. The number of aromatic carboxylic acids is 2. The van der Waals surface area contributed by atoms with Gasteiger partial charge in [0.2, 0.25) is 0 Å². The molecule has 0 spiro atoms. The number of hydrogen-bond donors (Lipinski definition) is 2. The van der Waals surface area contributed by atoms with E-state index in [2.05, 4.69) is 13.3 Å². The number of carboxylic acids is 2. The fraction of sp³-hybridized carbons (Fsp3) is 0.321. The summed E-state index contributed by atoms with van der Waals surface area (Å²) in [7, 11) is 0. The molecule has 3 aliphatic rings. The molecular weight excluding hydrogens is 522 g/mol. The topological polar surface area (TPSA) is 74.6 Å². The summed E-state index contributed by atoms with van der Waals surface area (Å²) in [4.78, 5) is 20.4. The number of hydrogen-bond acceptors (Lipinski definition) is 2. The van der Waals surface area contributed by atoms with E-state index >= 15 is 0 Å². The van der Waals surface area contributed by atoms with Crippen LogP contribution in [0.25, 0.3) is 0 Å². The van der Waals surface area contributed by atoms with Crippen LogP contribution in [0.3, 0.4) is 0 Å². The number of allylic oxidation sites excluding steroid dienone is 4. The van der Waals surface area contributed by atoms with Gasteiger partial charge in [0.25, 0.3) is 0 Å². The molecule has 0 heterocycles. The fourth-order valence-corrected chi connectivity index (χ4v) is 4.69. The van der Waals surface area contributed by atoms with E-state index in [1.165, 1.54) is 69.2 Å². The normalized spacial score (nSPS) is 17.4. The van der Waals surface area contributed by atoms with Crippen LogP contribution in [0.15, 0.2) is 70.8 Å². The Labute approximate surface area is 231 Å². The Morgan fingerprint density at radius 2 is 1.22 bits per heavy atom. The number of fused-ring (bicyclic) bond motifs is 1. The minimum atomic E-state index is -1.04. The maximum absolute atomic E-state index is 12.2. The van der Waals surface area contributed by atoms with E-state index in [-0.39, 0.29) is 45.3 Å². The molecule has 0 bridgehead atoms. The van der Waals surface area contributed by atoms with Gasteiger partial charge in [-0.2, -0.15) is 5.57 Å². The Balaban J connectivity index is 0.000000269. The zero-order valence-corrected chi connectivity index (χ0v) is 22.4. The van der Waals surface area contributed by atoms with Gasteiger partial charge in [0.1, 0.15) is 11.6 Å². The van der Waals surface area contributed by atoms with Crippen LogP contribution >= 0.6 is 0 Å². The van der Waals surface area contributed by atoms with Gasteiger partial charge in [-0.1, -0.05) is 31.8 Å². The molecular formula is C28H29ClF2O4Ti-2. The largest absolute Gasteiger partial charge is 1.00 e. The van der Waals surface area contributed by atoms with Crippen molar-refractivity contribution in [1.82, 2.24) is 0 Å². The average Bonchev–Trinajstić information content (AvgIpc) is 3.13. The van der Waals surface area contributed by atoms with Gasteiger partial charge in [0, 0.05) is 21.7 Å². The van der Waals surface area contributed by atoms with Gasteiger partial charge < -0.3 is 22.6 Å². The third-order valence-corrected chi connectivity index (χ3v) is 6.39. The van der Waals surface area contributed by atoms with Crippen molar-refractivity contribution in [2.75, 3.05) is 0 Å². The molecule has 1 unspecified atom stereocenters. The van der Waals surface area contributed by atoms with Crippen molar-refractivity contribution in [3.05, 3.63) is 100 Å². The molecule has 2 aromatic carbocycles.